The molecule has 0 spiro atoms. The van der Waals surface area contributed by atoms with E-state index in [1.54, 1.807) is 0 Å². The molecule has 0 radical (unpaired) electrons. The second kappa shape index (κ2) is 7.34. The average Bonchev–Trinajstić information content (AvgIpc) is 2.43. The number of hydrogen-bond acceptors (Lipinski definition) is 6. The third-order valence-electron chi connectivity index (χ3n) is 2.69. The molecule has 9 heteroatoms. The van der Waals surface area contributed by atoms with E-state index in [9.17, 15) is 18.5 Å². The van der Waals surface area contributed by atoms with Crippen molar-refractivity contribution >= 4 is 15.7 Å². The quantitative estimate of drug-likeness (QED) is 0.433. The lowest BCUT2D eigenvalue weighted by Gasteiger charge is -2.12. The smallest absolute Gasteiger partial charge is 0.312 e. The Hall–Kier alpha value is -1.71. The van der Waals surface area contributed by atoms with Gasteiger partial charge in [0.2, 0.25) is 10.0 Å². The van der Waals surface area contributed by atoms with Crippen LogP contribution in [0.3, 0.4) is 0 Å². The molecule has 118 valence electrons. The van der Waals surface area contributed by atoms with Gasteiger partial charge in [0, 0.05) is 26.7 Å². The molecule has 0 fully saturated rings. The molecule has 0 saturated carbocycles. The monoisotopic (exact) mass is 317 g/mol. The Morgan fingerprint density at radius 3 is 2.57 bits per heavy atom. The lowest BCUT2D eigenvalue weighted by molar-refractivity contribution is -0.386. The molecule has 0 aliphatic heterocycles. The lowest BCUT2D eigenvalue weighted by atomic mass is 10.3. The second-order valence-corrected chi connectivity index (χ2v) is 6.53. The van der Waals surface area contributed by atoms with Gasteiger partial charge in [-0.3, -0.25) is 10.1 Å². The van der Waals surface area contributed by atoms with Gasteiger partial charge in [-0.15, -0.1) is 0 Å². The van der Waals surface area contributed by atoms with Gasteiger partial charge in [0.05, 0.1) is 9.82 Å². The van der Waals surface area contributed by atoms with Crippen LogP contribution in [0, 0.1) is 10.1 Å². The van der Waals surface area contributed by atoms with Gasteiger partial charge in [-0.25, -0.2) is 12.7 Å². The minimum Gasteiger partial charge on any atom is -0.485 e. The summed E-state index contributed by atoms with van der Waals surface area (Å²) in [5.41, 5.74) is -0.366. The van der Waals surface area contributed by atoms with Crippen LogP contribution in [-0.2, 0) is 10.0 Å². The Labute approximate surface area is 123 Å². The topological polar surface area (TPSA) is 102 Å². The fourth-order valence-electron chi connectivity index (χ4n) is 1.54. The van der Waals surface area contributed by atoms with Crippen LogP contribution in [0.2, 0.25) is 0 Å². The summed E-state index contributed by atoms with van der Waals surface area (Å²) in [4.78, 5) is 10.3. The van der Waals surface area contributed by atoms with Crippen molar-refractivity contribution in [3.63, 3.8) is 0 Å². The van der Waals surface area contributed by atoms with Crippen LogP contribution in [0.1, 0.15) is 6.92 Å². The highest BCUT2D eigenvalue weighted by Gasteiger charge is 2.23. The summed E-state index contributed by atoms with van der Waals surface area (Å²) >= 11 is 0. The van der Waals surface area contributed by atoms with Gasteiger partial charge in [-0.05, 0) is 18.7 Å². The fourth-order valence-corrected chi connectivity index (χ4v) is 2.47. The molecule has 0 heterocycles. The zero-order valence-electron chi connectivity index (χ0n) is 12.2. The number of likely N-dealkylation sites (N-methyl/N-ethyl adjacent to an activating group) is 1. The first-order valence-electron chi connectivity index (χ1n) is 6.35. The summed E-state index contributed by atoms with van der Waals surface area (Å²) in [6, 6.07) is 3.61. The third-order valence-corrected chi connectivity index (χ3v) is 4.50. The van der Waals surface area contributed by atoms with Gasteiger partial charge in [0.25, 0.3) is 0 Å². The fraction of sp³-hybridized carbons (Fsp3) is 0.500. The van der Waals surface area contributed by atoms with E-state index in [1.165, 1.54) is 26.2 Å². The number of nitrogens with one attached hydrogen (secondary N) is 1. The SMILES string of the molecule is CCNCCOc1ccc(S(=O)(=O)N(C)C)cc1[N+](=O)[O-]. The van der Waals surface area contributed by atoms with Gasteiger partial charge >= 0.3 is 5.69 Å². The van der Waals surface area contributed by atoms with E-state index in [-0.39, 0.29) is 22.9 Å². The van der Waals surface area contributed by atoms with E-state index >= 15 is 0 Å². The van der Waals surface area contributed by atoms with Crippen molar-refractivity contribution in [3.05, 3.63) is 28.3 Å². The normalized spacial score (nSPS) is 11.6. The molecule has 1 rings (SSSR count). The maximum Gasteiger partial charge on any atom is 0.312 e. The van der Waals surface area contributed by atoms with Gasteiger partial charge in [-0.2, -0.15) is 0 Å². The number of sulfonamides is 1. The van der Waals surface area contributed by atoms with E-state index in [0.29, 0.717) is 6.54 Å². The summed E-state index contributed by atoms with van der Waals surface area (Å²) in [6.45, 7) is 3.51. The number of rotatable bonds is 8. The minimum absolute atomic E-state index is 0.0515. The molecular formula is C12H19N3O5S. The van der Waals surface area contributed by atoms with Crippen LogP contribution in [0.5, 0.6) is 5.75 Å². The summed E-state index contributed by atoms with van der Waals surface area (Å²) in [5.74, 6) is 0.0515. The van der Waals surface area contributed by atoms with Crippen molar-refractivity contribution in [2.24, 2.45) is 0 Å². The molecule has 0 bridgehead atoms. The zero-order chi connectivity index (χ0) is 16.0. The van der Waals surface area contributed by atoms with Crippen LogP contribution in [0.15, 0.2) is 23.1 Å². The van der Waals surface area contributed by atoms with E-state index in [0.717, 1.165) is 16.9 Å². The average molecular weight is 317 g/mol. The molecule has 1 aromatic rings. The predicted molar refractivity (Wildman–Crippen MR) is 78.0 cm³/mol. The van der Waals surface area contributed by atoms with E-state index in [4.69, 9.17) is 4.74 Å². The molecule has 0 atom stereocenters. The molecule has 0 aliphatic carbocycles. The highest BCUT2D eigenvalue weighted by atomic mass is 32.2. The van der Waals surface area contributed by atoms with Crippen molar-refractivity contribution in [1.29, 1.82) is 0 Å². The first kappa shape index (κ1) is 17.3. The molecular weight excluding hydrogens is 298 g/mol. The van der Waals surface area contributed by atoms with E-state index < -0.39 is 14.9 Å². The molecule has 21 heavy (non-hydrogen) atoms. The number of benzene rings is 1. The Kier molecular flexibility index (Phi) is 6.06. The maximum atomic E-state index is 12.0. The van der Waals surface area contributed by atoms with E-state index in [2.05, 4.69) is 5.32 Å². The second-order valence-electron chi connectivity index (χ2n) is 4.38. The third kappa shape index (κ3) is 4.38. The van der Waals surface area contributed by atoms with Crippen molar-refractivity contribution in [3.8, 4) is 5.75 Å². The molecule has 8 nitrogen and oxygen atoms in total. The summed E-state index contributed by atoms with van der Waals surface area (Å²) in [6.07, 6.45) is 0. The molecule has 0 aromatic heterocycles. The molecule has 0 unspecified atom stereocenters. The standard InChI is InChI=1S/C12H19N3O5S/c1-4-13-7-8-20-12-6-5-10(9-11(12)15(16)17)21(18,19)14(2)3/h5-6,9,13H,4,7-8H2,1-3H3. The summed E-state index contributed by atoms with van der Waals surface area (Å²) < 4.78 is 30.3. The number of nitrogens with zero attached hydrogens (tertiary/aromatic N) is 2. The van der Waals surface area contributed by atoms with Crippen LogP contribution in [0.25, 0.3) is 0 Å². The van der Waals surface area contributed by atoms with Crippen molar-refractivity contribution in [2.75, 3.05) is 33.8 Å². The number of nitro groups is 1. The first-order valence-corrected chi connectivity index (χ1v) is 7.79. The summed E-state index contributed by atoms with van der Waals surface area (Å²) in [7, 11) is -0.992. The highest BCUT2D eigenvalue weighted by Crippen LogP contribution is 2.30. The van der Waals surface area contributed by atoms with Gasteiger partial charge in [0.1, 0.15) is 6.61 Å². The number of nitro benzene ring substituents is 1. The zero-order valence-corrected chi connectivity index (χ0v) is 13.0. The first-order chi connectivity index (χ1) is 9.80. The van der Waals surface area contributed by atoms with Gasteiger partial charge < -0.3 is 10.1 Å². The molecule has 0 saturated heterocycles. The minimum atomic E-state index is -3.72. The van der Waals surface area contributed by atoms with Gasteiger partial charge in [0.15, 0.2) is 5.75 Å². The molecule has 0 aliphatic rings. The molecule has 0 amide bonds. The predicted octanol–water partition coefficient (Wildman–Crippen LogP) is 0.833. The van der Waals surface area contributed by atoms with Crippen LogP contribution in [-0.4, -0.2) is 51.4 Å². The van der Waals surface area contributed by atoms with Crippen LogP contribution >= 0.6 is 0 Å². The Balaban J connectivity index is 3.06. The Bertz CT molecular complexity index is 601. The molecule has 1 aromatic carbocycles. The van der Waals surface area contributed by atoms with Crippen molar-refractivity contribution in [2.45, 2.75) is 11.8 Å². The number of hydrogen-bond donors (Lipinski definition) is 1. The Morgan fingerprint density at radius 1 is 1.38 bits per heavy atom. The maximum absolute atomic E-state index is 12.0. The van der Waals surface area contributed by atoms with Gasteiger partial charge in [-0.1, -0.05) is 6.92 Å². The largest absolute Gasteiger partial charge is 0.485 e. The summed E-state index contributed by atoms with van der Waals surface area (Å²) in [5, 5.41) is 14.1. The highest BCUT2D eigenvalue weighted by molar-refractivity contribution is 7.89. The van der Waals surface area contributed by atoms with E-state index in [1.807, 2.05) is 6.92 Å². The Morgan fingerprint density at radius 2 is 2.05 bits per heavy atom. The van der Waals surface area contributed by atoms with Crippen LogP contribution < -0.4 is 10.1 Å². The van der Waals surface area contributed by atoms with Crippen molar-refractivity contribution < 1.29 is 18.1 Å². The van der Waals surface area contributed by atoms with Crippen molar-refractivity contribution in [1.82, 2.24) is 9.62 Å². The molecule has 1 N–H and O–H groups in total. The number of ether oxygens (including phenoxy) is 1. The lowest BCUT2D eigenvalue weighted by Crippen LogP contribution is -2.22. The van der Waals surface area contributed by atoms with Crippen LogP contribution in [0.4, 0.5) is 5.69 Å².